The molecule has 3 fully saturated rings. The van der Waals surface area contributed by atoms with Crippen molar-refractivity contribution in [2.45, 2.75) is 29.8 Å². The van der Waals surface area contributed by atoms with Crippen molar-refractivity contribution < 1.29 is 17.9 Å². The van der Waals surface area contributed by atoms with Crippen LogP contribution >= 0.6 is 0 Å². The lowest BCUT2D eigenvalue weighted by Crippen LogP contribution is -2.53. The van der Waals surface area contributed by atoms with Gasteiger partial charge in [0.25, 0.3) is 5.91 Å². The van der Waals surface area contributed by atoms with E-state index in [1.54, 1.807) is 18.2 Å². The molecule has 0 atom stereocenters. The Kier molecular flexibility index (Phi) is 4.77. The van der Waals surface area contributed by atoms with E-state index in [4.69, 9.17) is 4.74 Å². The first-order valence-corrected chi connectivity index (χ1v) is 10.7. The summed E-state index contributed by atoms with van der Waals surface area (Å²) in [6.45, 7) is 4.34. The molecule has 7 nitrogen and oxygen atoms in total. The lowest BCUT2D eigenvalue weighted by molar-refractivity contribution is -0.169. The molecular formula is C18H25N3O4S. The maximum atomic E-state index is 12.8. The van der Waals surface area contributed by atoms with E-state index in [2.05, 4.69) is 5.32 Å². The second-order valence-corrected chi connectivity index (χ2v) is 9.19. The van der Waals surface area contributed by atoms with Gasteiger partial charge in [-0.15, -0.1) is 0 Å². The number of rotatable bonds is 3. The van der Waals surface area contributed by atoms with Gasteiger partial charge in [-0.25, -0.2) is 8.42 Å². The van der Waals surface area contributed by atoms with Crippen LogP contribution < -0.4 is 5.32 Å². The lowest BCUT2D eigenvalue weighted by atomic mass is 9.84. The van der Waals surface area contributed by atoms with Gasteiger partial charge in [0, 0.05) is 44.8 Å². The summed E-state index contributed by atoms with van der Waals surface area (Å²) in [5.74, 6) is -0.100. The number of sulfonamides is 1. The van der Waals surface area contributed by atoms with E-state index in [0.717, 1.165) is 25.9 Å². The standard InChI is InChI=1S/C18H25N3O4S/c22-17(20-9-4-18(5-10-20)6-13-25-18)15-2-1-3-16(14-15)26(23,24)21-11-7-19-8-12-21/h1-3,14,19H,4-13H2. The molecule has 3 saturated heterocycles. The van der Waals surface area contributed by atoms with Gasteiger partial charge in [0.2, 0.25) is 10.0 Å². The molecule has 1 N–H and O–H groups in total. The van der Waals surface area contributed by atoms with Crippen molar-refractivity contribution in [2.75, 3.05) is 45.9 Å². The zero-order chi connectivity index (χ0) is 18.2. The smallest absolute Gasteiger partial charge is 0.253 e. The van der Waals surface area contributed by atoms with Crippen LogP contribution in [0.25, 0.3) is 0 Å². The van der Waals surface area contributed by atoms with E-state index < -0.39 is 10.0 Å². The van der Waals surface area contributed by atoms with Crippen molar-refractivity contribution in [3.8, 4) is 0 Å². The maximum absolute atomic E-state index is 12.8. The molecule has 3 heterocycles. The molecule has 1 spiro atoms. The molecule has 8 heteroatoms. The fourth-order valence-electron chi connectivity index (χ4n) is 3.91. The number of carbonyl (C=O) groups is 1. The van der Waals surface area contributed by atoms with Crippen molar-refractivity contribution in [3.05, 3.63) is 29.8 Å². The summed E-state index contributed by atoms with van der Waals surface area (Å²) in [4.78, 5) is 14.8. The molecule has 0 unspecified atom stereocenters. The fourth-order valence-corrected chi connectivity index (χ4v) is 5.40. The van der Waals surface area contributed by atoms with Crippen molar-refractivity contribution >= 4 is 15.9 Å². The first kappa shape index (κ1) is 17.9. The molecule has 3 aliphatic heterocycles. The highest BCUT2D eigenvalue weighted by Gasteiger charge is 2.42. The summed E-state index contributed by atoms with van der Waals surface area (Å²) in [6.07, 6.45) is 2.79. The number of hydrogen-bond donors (Lipinski definition) is 1. The third kappa shape index (κ3) is 3.26. The summed E-state index contributed by atoms with van der Waals surface area (Å²) < 4.78 is 32.8. The van der Waals surface area contributed by atoms with Gasteiger partial charge < -0.3 is 15.0 Å². The molecule has 0 saturated carbocycles. The number of amides is 1. The highest BCUT2D eigenvalue weighted by atomic mass is 32.2. The minimum Gasteiger partial charge on any atom is -0.375 e. The summed E-state index contributed by atoms with van der Waals surface area (Å²) in [7, 11) is -3.56. The second-order valence-electron chi connectivity index (χ2n) is 7.26. The summed E-state index contributed by atoms with van der Waals surface area (Å²) in [6, 6.07) is 6.44. The zero-order valence-corrected chi connectivity index (χ0v) is 15.6. The third-order valence-corrected chi connectivity index (χ3v) is 7.62. The van der Waals surface area contributed by atoms with Crippen LogP contribution in [0, 0.1) is 0 Å². The Morgan fingerprint density at radius 1 is 1.08 bits per heavy atom. The van der Waals surface area contributed by atoms with E-state index in [9.17, 15) is 13.2 Å². The van der Waals surface area contributed by atoms with Gasteiger partial charge in [-0.3, -0.25) is 4.79 Å². The molecule has 1 aromatic carbocycles. The number of hydrogen-bond acceptors (Lipinski definition) is 5. The minimum absolute atomic E-state index is 0.00966. The Morgan fingerprint density at radius 3 is 2.38 bits per heavy atom. The zero-order valence-electron chi connectivity index (χ0n) is 14.8. The van der Waals surface area contributed by atoms with Gasteiger partial charge in [-0.05, 0) is 37.5 Å². The van der Waals surface area contributed by atoms with Crippen LogP contribution in [-0.2, 0) is 14.8 Å². The van der Waals surface area contributed by atoms with E-state index >= 15 is 0 Å². The lowest BCUT2D eigenvalue weighted by Gasteiger charge is -2.47. The van der Waals surface area contributed by atoms with Gasteiger partial charge in [0.1, 0.15) is 0 Å². The Bertz CT molecular complexity index is 775. The second kappa shape index (κ2) is 6.92. The number of carbonyl (C=O) groups excluding carboxylic acids is 1. The molecular weight excluding hydrogens is 354 g/mol. The minimum atomic E-state index is -3.56. The predicted molar refractivity (Wildman–Crippen MR) is 96.5 cm³/mol. The van der Waals surface area contributed by atoms with Crippen LogP contribution in [0.1, 0.15) is 29.6 Å². The van der Waals surface area contributed by atoms with Gasteiger partial charge in [-0.1, -0.05) is 6.07 Å². The third-order valence-electron chi connectivity index (χ3n) is 5.72. The van der Waals surface area contributed by atoms with Gasteiger partial charge in [0.15, 0.2) is 0 Å². The number of piperazine rings is 1. The van der Waals surface area contributed by atoms with Crippen LogP contribution in [0.3, 0.4) is 0 Å². The Labute approximate surface area is 154 Å². The summed E-state index contributed by atoms with van der Waals surface area (Å²) in [5, 5.41) is 3.15. The maximum Gasteiger partial charge on any atom is 0.253 e. The molecule has 0 aliphatic carbocycles. The van der Waals surface area contributed by atoms with Crippen LogP contribution in [0.15, 0.2) is 29.2 Å². The molecule has 4 rings (SSSR count). The molecule has 26 heavy (non-hydrogen) atoms. The van der Waals surface area contributed by atoms with E-state index in [1.165, 1.54) is 10.4 Å². The number of ether oxygens (including phenoxy) is 1. The van der Waals surface area contributed by atoms with Gasteiger partial charge in [-0.2, -0.15) is 4.31 Å². The van der Waals surface area contributed by atoms with Crippen LogP contribution in [0.4, 0.5) is 0 Å². The topological polar surface area (TPSA) is 79.0 Å². The van der Waals surface area contributed by atoms with Crippen LogP contribution in [0.5, 0.6) is 0 Å². The predicted octanol–water partition coefficient (Wildman–Crippen LogP) is 0.676. The molecule has 0 radical (unpaired) electrons. The van der Waals surface area contributed by atoms with Crippen molar-refractivity contribution in [3.63, 3.8) is 0 Å². The Balaban J connectivity index is 1.49. The number of nitrogens with zero attached hydrogens (tertiary/aromatic N) is 2. The average Bonchev–Trinajstić information content (AvgIpc) is 2.67. The summed E-state index contributed by atoms with van der Waals surface area (Å²) >= 11 is 0. The molecule has 0 bridgehead atoms. The Morgan fingerprint density at radius 2 is 1.77 bits per heavy atom. The quantitative estimate of drug-likeness (QED) is 0.835. The molecule has 1 aromatic rings. The monoisotopic (exact) mass is 379 g/mol. The van der Waals surface area contributed by atoms with Crippen LogP contribution in [0.2, 0.25) is 0 Å². The van der Waals surface area contributed by atoms with E-state index in [1.807, 2.05) is 4.90 Å². The number of nitrogens with one attached hydrogen (secondary N) is 1. The van der Waals surface area contributed by atoms with Gasteiger partial charge in [0.05, 0.1) is 17.1 Å². The highest BCUT2D eigenvalue weighted by molar-refractivity contribution is 7.89. The normalized spacial score (nSPS) is 23.6. The van der Waals surface area contributed by atoms with E-state index in [-0.39, 0.29) is 16.4 Å². The average molecular weight is 379 g/mol. The van der Waals surface area contributed by atoms with Crippen molar-refractivity contribution in [1.29, 1.82) is 0 Å². The Hall–Kier alpha value is -1.48. The van der Waals surface area contributed by atoms with E-state index in [0.29, 0.717) is 44.8 Å². The molecule has 0 aromatic heterocycles. The number of piperidine rings is 1. The molecule has 142 valence electrons. The van der Waals surface area contributed by atoms with Crippen LogP contribution in [-0.4, -0.2) is 75.0 Å². The number of likely N-dealkylation sites (tertiary alicyclic amines) is 1. The first-order chi connectivity index (χ1) is 12.5. The van der Waals surface area contributed by atoms with Crippen molar-refractivity contribution in [1.82, 2.24) is 14.5 Å². The number of benzene rings is 1. The molecule has 3 aliphatic rings. The largest absolute Gasteiger partial charge is 0.375 e. The highest BCUT2D eigenvalue weighted by Crippen LogP contribution is 2.37. The summed E-state index contributed by atoms with van der Waals surface area (Å²) in [5.41, 5.74) is 0.427. The molecule has 1 amide bonds. The fraction of sp³-hybridized carbons (Fsp3) is 0.611. The first-order valence-electron chi connectivity index (χ1n) is 9.24. The van der Waals surface area contributed by atoms with Gasteiger partial charge >= 0.3 is 0 Å². The van der Waals surface area contributed by atoms with Crippen molar-refractivity contribution in [2.24, 2.45) is 0 Å². The SMILES string of the molecule is O=C(c1cccc(S(=O)(=O)N2CCNCC2)c1)N1CCC2(CCO2)CC1.